The maximum Gasteiger partial charge on any atom is 0.235 e. The molecule has 1 atom stereocenters. The summed E-state index contributed by atoms with van der Waals surface area (Å²) < 4.78 is 25.5. The highest BCUT2D eigenvalue weighted by molar-refractivity contribution is 7.88. The van der Waals surface area contributed by atoms with Gasteiger partial charge in [0.25, 0.3) is 0 Å². The second-order valence-electron chi connectivity index (χ2n) is 7.69. The van der Waals surface area contributed by atoms with E-state index < -0.39 is 10.0 Å². The number of carbonyl (C=O) groups is 1. The minimum Gasteiger partial charge on any atom is -0.348 e. The van der Waals surface area contributed by atoms with E-state index in [-0.39, 0.29) is 25.0 Å². The van der Waals surface area contributed by atoms with E-state index in [4.69, 9.17) is 0 Å². The zero-order valence-corrected chi connectivity index (χ0v) is 17.6. The Morgan fingerprint density at radius 3 is 2.46 bits per heavy atom. The Bertz CT molecular complexity index is 952. The number of sulfonamides is 1. The topological polar surface area (TPSA) is 66.5 Å². The van der Waals surface area contributed by atoms with Crippen LogP contribution in [0.2, 0.25) is 0 Å². The van der Waals surface area contributed by atoms with Gasteiger partial charge in [-0.2, -0.15) is 4.31 Å². The molecule has 0 saturated carbocycles. The van der Waals surface area contributed by atoms with E-state index in [1.54, 1.807) is 0 Å². The minimum atomic E-state index is -3.50. The predicted octanol–water partition coefficient (Wildman–Crippen LogP) is 3.12. The van der Waals surface area contributed by atoms with Crippen LogP contribution in [0.1, 0.15) is 47.2 Å². The molecule has 1 N–H and O–H groups in total. The quantitative estimate of drug-likeness (QED) is 0.777. The molecular weight excluding hydrogens is 372 g/mol. The summed E-state index contributed by atoms with van der Waals surface area (Å²) in [4.78, 5) is 12.5. The molecule has 0 saturated heterocycles. The highest BCUT2D eigenvalue weighted by atomic mass is 32.2. The summed E-state index contributed by atoms with van der Waals surface area (Å²) in [5.41, 5.74) is 5.77. The first kappa shape index (κ1) is 20.6. The lowest BCUT2D eigenvalue weighted by Crippen LogP contribution is -2.40. The first-order valence-electron chi connectivity index (χ1n) is 9.64. The molecule has 0 bridgehead atoms. The molecule has 0 fully saturated rings. The Morgan fingerprint density at radius 1 is 1.11 bits per heavy atom. The van der Waals surface area contributed by atoms with Gasteiger partial charge in [0, 0.05) is 6.54 Å². The van der Waals surface area contributed by atoms with E-state index in [2.05, 4.69) is 23.5 Å². The summed E-state index contributed by atoms with van der Waals surface area (Å²) in [6.45, 7) is 3.90. The molecule has 0 aromatic heterocycles. The standard InChI is InChI=1S/C22H28N2O3S/c1-16-7-9-18(10-8-16)14-24(28(3,26)27)15-22(25)23-17(2)20-12-11-19-5-4-6-21(19)13-20/h7-13,17H,4-6,14-15H2,1-3H3,(H,23,25). The van der Waals surface area contributed by atoms with Gasteiger partial charge in [0.05, 0.1) is 18.8 Å². The normalized spacial score (nSPS) is 14.7. The lowest BCUT2D eigenvalue weighted by molar-refractivity contribution is -0.122. The molecule has 150 valence electrons. The first-order chi connectivity index (χ1) is 13.2. The molecule has 0 aliphatic heterocycles. The van der Waals surface area contributed by atoms with Gasteiger partial charge in [0.1, 0.15) is 0 Å². The van der Waals surface area contributed by atoms with Gasteiger partial charge in [0.15, 0.2) is 0 Å². The molecule has 5 nitrogen and oxygen atoms in total. The third-order valence-corrected chi connectivity index (χ3v) is 6.46. The SMILES string of the molecule is Cc1ccc(CN(CC(=O)NC(C)c2ccc3c(c2)CCC3)S(C)(=O)=O)cc1. The summed E-state index contributed by atoms with van der Waals surface area (Å²) in [6, 6.07) is 13.8. The molecule has 28 heavy (non-hydrogen) atoms. The minimum absolute atomic E-state index is 0.167. The number of amides is 1. The average molecular weight is 401 g/mol. The van der Waals surface area contributed by atoms with E-state index in [0.29, 0.717) is 0 Å². The van der Waals surface area contributed by atoms with Crippen LogP contribution in [0.25, 0.3) is 0 Å². The summed E-state index contributed by atoms with van der Waals surface area (Å²) in [6.07, 6.45) is 4.53. The Hall–Kier alpha value is -2.18. The number of hydrogen-bond donors (Lipinski definition) is 1. The fourth-order valence-corrected chi connectivity index (χ4v) is 4.31. The van der Waals surface area contributed by atoms with Crippen LogP contribution in [0.4, 0.5) is 0 Å². The zero-order valence-electron chi connectivity index (χ0n) is 16.7. The molecule has 3 rings (SSSR count). The maximum atomic E-state index is 12.5. The third kappa shape index (κ3) is 5.20. The second-order valence-corrected chi connectivity index (χ2v) is 9.67. The number of nitrogens with zero attached hydrogens (tertiary/aromatic N) is 1. The number of aryl methyl sites for hydroxylation is 3. The monoisotopic (exact) mass is 400 g/mol. The van der Waals surface area contributed by atoms with Gasteiger partial charge in [-0.15, -0.1) is 0 Å². The van der Waals surface area contributed by atoms with Gasteiger partial charge in [0.2, 0.25) is 15.9 Å². The maximum absolute atomic E-state index is 12.5. The molecule has 0 radical (unpaired) electrons. The molecule has 1 aliphatic carbocycles. The van der Waals surface area contributed by atoms with E-state index in [1.807, 2.05) is 38.1 Å². The molecule has 1 aliphatic rings. The van der Waals surface area contributed by atoms with Crippen molar-refractivity contribution in [3.8, 4) is 0 Å². The lowest BCUT2D eigenvalue weighted by Gasteiger charge is -2.22. The van der Waals surface area contributed by atoms with Crippen molar-refractivity contribution in [2.24, 2.45) is 0 Å². The highest BCUT2D eigenvalue weighted by Crippen LogP contribution is 2.25. The van der Waals surface area contributed by atoms with E-state index >= 15 is 0 Å². The molecule has 2 aromatic carbocycles. The molecular formula is C22H28N2O3S. The van der Waals surface area contributed by atoms with Gasteiger partial charge in [-0.3, -0.25) is 4.79 Å². The molecule has 0 spiro atoms. The highest BCUT2D eigenvalue weighted by Gasteiger charge is 2.22. The number of carbonyl (C=O) groups excluding carboxylic acids is 1. The molecule has 1 amide bonds. The number of nitrogens with one attached hydrogen (secondary N) is 1. The van der Waals surface area contributed by atoms with Crippen LogP contribution in [0.15, 0.2) is 42.5 Å². The number of benzene rings is 2. The van der Waals surface area contributed by atoms with Crippen LogP contribution in [0.5, 0.6) is 0 Å². The van der Waals surface area contributed by atoms with Gasteiger partial charge in [-0.1, -0.05) is 48.0 Å². The van der Waals surface area contributed by atoms with Gasteiger partial charge >= 0.3 is 0 Å². The predicted molar refractivity (Wildman–Crippen MR) is 111 cm³/mol. The van der Waals surface area contributed by atoms with Gasteiger partial charge in [-0.25, -0.2) is 8.42 Å². The summed E-state index contributed by atoms with van der Waals surface area (Å²) in [5, 5.41) is 2.94. The van der Waals surface area contributed by atoms with E-state index in [1.165, 1.54) is 21.9 Å². The van der Waals surface area contributed by atoms with Crippen molar-refractivity contribution < 1.29 is 13.2 Å². The van der Waals surface area contributed by atoms with Crippen molar-refractivity contribution in [2.45, 2.75) is 45.7 Å². The van der Waals surface area contributed by atoms with Crippen LogP contribution >= 0.6 is 0 Å². The second kappa shape index (κ2) is 8.45. The van der Waals surface area contributed by atoms with Crippen LogP contribution in [0, 0.1) is 6.92 Å². The fourth-order valence-electron chi connectivity index (χ4n) is 3.58. The van der Waals surface area contributed by atoms with Crippen molar-refractivity contribution in [1.29, 1.82) is 0 Å². The van der Waals surface area contributed by atoms with Gasteiger partial charge in [-0.05, 0) is 55.4 Å². The molecule has 1 unspecified atom stereocenters. The number of hydrogen-bond acceptors (Lipinski definition) is 3. The summed E-state index contributed by atoms with van der Waals surface area (Å²) >= 11 is 0. The van der Waals surface area contributed by atoms with Crippen molar-refractivity contribution >= 4 is 15.9 Å². The Kier molecular flexibility index (Phi) is 6.20. The zero-order chi connectivity index (χ0) is 20.3. The van der Waals surface area contributed by atoms with Crippen molar-refractivity contribution in [3.05, 3.63) is 70.3 Å². The first-order valence-corrected chi connectivity index (χ1v) is 11.5. The fraction of sp³-hybridized carbons (Fsp3) is 0.409. The van der Waals surface area contributed by atoms with E-state index in [9.17, 15) is 13.2 Å². The van der Waals surface area contributed by atoms with Crippen molar-refractivity contribution in [2.75, 3.05) is 12.8 Å². The number of rotatable bonds is 7. The van der Waals surface area contributed by atoms with Crippen LogP contribution in [-0.4, -0.2) is 31.4 Å². The number of fused-ring (bicyclic) bond motifs is 1. The van der Waals surface area contributed by atoms with Crippen LogP contribution < -0.4 is 5.32 Å². The average Bonchev–Trinajstić information content (AvgIpc) is 3.09. The smallest absolute Gasteiger partial charge is 0.235 e. The van der Waals surface area contributed by atoms with Crippen molar-refractivity contribution in [3.63, 3.8) is 0 Å². The molecule has 2 aromatic rings. The Balaban J connectivity index is 1.65. The van der Waals surface area contributed by atoms with E-state index in [0.717, 1.165) is 35.8 Å². The summed E-state index contributed by atoms with van der Waals surface area (Å²) in [7, 11) is -3.50. The van der Waals surface area contributed by atoms with Crippen LogP contribution in [0.3, 0.4) is 0 Å². The largest absolute Gasteiger partial charge is 0.348 e. The summed E-state index contributed by atoms with van der Waals surface area (Å²) in [5.74, 6) is -0.300. The Labute approximate surface area is 167 Å². The molecule has 6 heteroatoms. The molecule has 0 heterocycles. The van der Waals surface area contributed by atoms with Crippen LogP contribution in [-0.2, 0) is 34.2 Å². The van der Waals surface area contributed by atoms with Crippen molar-refractivity contribution in [1.82, 2.24) is 9.62 Å². The lowest BCUT2D eigenvalue weighted by atomic mass is 10.0. The Morgan fingerprint density at radius 2 is 1.79 bits per heavy atom. The van der Waals surface area contributed by atoms with Gasteiger partial charge < -0.3 is 5.32 Å². The third-order valence-electron chi connectivity index (χ3n) is 5.27.